The minimum absolute atomic E-state index is 0.606. The number of rotatable bonds is 6. The number of anilines is 1. The van der Waals surface area contributed by atoms with Crippen LogP contribution in [0.3, 0.4) is 0 Å². The normalized spacial score (nSPS) is 10.3. The molecule has 0 saturated heterocycles. The van der Waals surface area contributed by atoms with Crippen LogP contribution in [-0.4, -0.2) is 16.6 Å². The number of aromatic nitrogens is 2. The van der Waals surface area contributed by atoms with Crippen molar-refractivity contribution in [3.8, 4) is 5.88 Å². The van der Waals surface area contributed by atoms with Crippen molar-refractivity contribution in [1.29, 1.82) is 0 Å². The number of nitrogens with one attached hydrogen (secondary N) is 1. The summed E-state index contributed by atoms with van der Waals surface area (Å²) in [7, 11) is 0. The van der Waals surface area contributed by atoms with E-state index in [-0.39, 0.29) is 0 Å². The van der Waals surface area contributed by atoms with Gasteiger partial charge in [-0.3, -0.25) is 0 Å². The molecule has 1 N–H and O–H groups in total. The molecule has 4 nitrogen and oxygen atoms in total. The second-order valence-corrected chi connectivity index (χ2v) is 4.55. The number of hydrogen-bond acceptors (Lipinski definition) is 4. The lowest BCUT2D eigenvalue weighted by Crippen LogP contribution is -2.06. The Morgan fingerprint density at radius 2 is 1.85 bits per heavy atom. The summed E-state index contributed by atoms with van der Waals surface area (Å²) < 4.78 is 5.43. The van der Waals surface area contributed by atoms with E-state index in [9.17, 15) is 0 Å². The molecule has 0 saturated carbocycles. The average molecular weight is 271 g/mol. The predicted octanol–water partition coefficient (Wildman–Crippen LogP) is 3.36. The van der Waals surface area contributed by atoms with Crippen LogP contribution in [0.5, 0.6) is 5.88 Å². The Morgan fingerprint density at radius 1 is 1.10 bits per heavy atom. The van der Waals surface area contributed by atoms with Gasteiger partial charge in [0, 0.05) is 12.6 Å². The fourth-order valence-electron chi connectivity index (χ4n) is 2.11. The van der Waals surface area contributed by atoms with Crippen molar-refractivity contribution in [1.82, 2.24) is 9.97 Å². The molecule has 106 valence electrons. The van der Waals surface area contributed by atoms with E-state index in [0.29, 0.717) is 18.3 Å². The minimum Gasteiger partial charge on any atom is -0.478 e. The first-order valence-corrected chi connectivity index (χ1v) is 7.02. The maximum absolute atomic E-state index is 5.43. The second kappa shape index (κ2) is 6.89. The molecule has 0 unspecified atom stereocenters. The zero-order chi connectivity index (χ0) is 14.4. The maximum Gasteiger partial charge on any atom is 0.218 e. The van der Waals surface area contributed by atoms with Gasteiger partial charge in [0.1, 0.15) is 11.6 Å². The van der Waals surface area contributed by atoms with E-state index in [1.54, 1.807) is 0 Å². The molecule has 1 aromatic carbocycles. The number of nitrogens with zero attached hydrogens (tertiary/aromatic N) is 2. The molecule has 0 amide bonds. The molecule has 0 aliphatic heterocycles. The summed E-state index contributed by atoms with van der Waals surface area (Å²) in [5.74, 6) is 2.13. The number of benzene rings is 1. The molecular weight excluding hydrogens is 250 g/mol. The summed E-state index contributed by atoms with van der Waals surface area (Å²) in [5.41, 5.74) is 2.65. The Hall–Kier alpha value is -2.10. The SMILES string of the molecule is CCOc1cc(NCc2ccccc2CC)nc(C)n1. The molecule has 0 bridgehead atoms. The first-order chi connectivity index (χ1) is 9.72. The van der Waals surface area contributed by atoms with Gasteiger partial charge in [-0.1, -0.05) is 31.2 Å². The highest BCUT2D eigenvalue weighted by Gasteiger charge is 2.04. The van der Waals surface area contributed by atoms with Gasteiger partial charge in [0.15, 0.2) is 0 Å². The fourth-order valence-corrected chi connectivity index (χ4v) is 2.11. The van der Waals surface area contributed by atoms with Crippen molar-refractivity contribution in [2.75, 3.05) is 11.9 Å². The van der Waals surface area contributed by atoms with Crippen LogP contribution in [0, 0.1) is 6.92 Å². The Balaban J connectivity index is 2.10. The molecule has 20 heavy (non-hydrogen) atoms. The third-order valence-electron chi connectivity index (χ3n) is 3.07. The highest BCUT2D eigenvalue weighted by atomic mass is 16.5. The van der Waals surface area contributed by atoms with Gasteiger partial charge in [-0.05, 0) is 31.4 Å². The zero-order valence-corrected chi connectivity index (χ0v) is 12.3. The lowest BCUT2D eigenvalue weighted by Gasteiger charge is -2.11. The number of aryl methyl sites for hydroxylation is 2. The van der Waals surface area contributed by atoms with Gasteiger partial charge in [0.25, 0.3) is 0 Å². The third-order valence-corrected chi connectivity index (χ3v) is 3.07. The van der Waals surface area contributed by atoms with Crippen LogP contribution < -0.4 is 10.1 Å². The molecule has 0 radical (unpaired) electrons. The second-order valence-electron chi connectivity index (χ2n) is 4.55. The van der Waals surface area contributed by atoms with Crippen LogP contribution in [0.4, 0.5) is 5.82 Å². The van der Waals surface area contributed by atoms with E-state index in [1.165, 1.54) is 11.1 Å². The molecule has 2 rings (SSSR count). The molecule has 1 aromatic heterocycles. The third kappa shape index (κ3) is 3.70. The van der Waals surface area contributed by atoms with Crippen LogP contribution in [0.1, 0.15) is 30.8 Å². The summed E-state index contributed by atoms with van der Waals surface area (Å²) in [6.45, 7) is 7.34. The summed E-state index contributed by atoms with van der Waals surface area (Å²) in [6, 6.07) is 10.3. The quantitative estimate of drug-likeness (QED) is 0.875. The van der Waals surface area contributed by atoms with Crippen LogP contribution in [-0.2, 0) is 13.0 Å². The Kier molecular flexibility index (Phi) is 4.93. The van der Waals surface area contributed by atoms with Crippen LogP contribution in [0.2, 0.25) is 0 Å². The van der Waals surface area contributed by atoms with Gasteiger partial charge < -0.3 is 10.1 Å². The van der Waals surface area contributed by atoms with Gasteiger partial charge in [-0.25, -0.2) is 4.98 Å². The van der Waals surface area contributed by atoms with Crippen LogP contribution in [0.15, 0.2) is 30.3 Å². The molecule has 0 spiro atoms. The highest BCUT2D eigenvalue weighted by molar-refractivity contribution is 5.40. The molecule has 0 atom stereocenters. The summed E-state index contributed by atoms with van der Waals surface area (Å²) in [6.07, 6.45) is 1.03. The predicted molar refractivity (Wildman–Crippen MR) is 81.1 cm³/mol. The van der Waals surface area contributed by atoms with Gasteiger partial charge in [0.05, 0.1) is 6.61 Å². The van der Waals surface area contributed by atoms with Crippen molar-refractivity contribution >= 4 is 5.82 Å². The van der Waals surface area contributed by atoms with Crippen molar-refractivity contribution in [2.45, 2.75) is 33.7 Å². The van der Waals surface area contributed by atoms with Gasteiger partial charge in [0.2, 0.25) is 5.88 Å². The Morgan fingerprint density at radius 3 is 2.55 bits per heavy atom. The van der Waals surface area contributed by atoms with Crippen LogP contribution >= 0.6 is 0 Å². The molecule has 0 aliphatic rings. The van der Waals surface area contributed by atoms with E-state index < -0.39 is 0 Å². The fraction of sp³-hybridized carbons (Fsp3) is 0.375. The lowest BCUT2D eigenvalue weighted by atomic mass is 10.1. The van der Waals surface area contributed by atoms with Gasteiger partial charge in [-0.15, -0.1) is 0 Å². The standard InChI is InChI=1S/C16H21N3O/c1-4-13-8-6-7-9-14(13)11-17-15-10-16(20-5-2)19-12(3)18-15/h6-10H,4-5,11H2,1-3H3,(H,17,18,19). The van der Waals surface area contributed by atoms with Crippen LogP contribution in [0.25, 0.3) is 0 Å². The first-order valence-electron chi connectivity index (χ1n) is 7.02. The van der Waals surface area contributed by atoms with E-state index in [4.69, 9.17) is 4.74 Å². The average Bonchev–Trinajstić information content (AvgIpc) is 2.45. The van der Waals surface area contributed by atoms with Gasteiger partial charge in [-0.2, -0.15) is 4.98 Å². The maximum atomic E-state index is 5.43. The monoisotopic (exact) mass is 271 g/mol. The molecule has 0 fully saturated rings. The van der Waals surface area contributed by atoms with Crippen molar-refractivity contribution in [3.05, 3.63) is 47.3 Å². The number of ether oxygens (including phenoxy) is 1. The molecule has 0 aliphatic carbocycles. The minimum atomic E-state index is 0.606. The van der Waals surface area contributed by atoms with Crippen molar-refractivity contribution in [2.24, 2.45) is 0 Å². The highest BCUT2D eigenvalue weighted by Crippen LogP contribution is 2.16. The first kappa shape index (κ1) is 14.3. The van der Waals surface area contributed by atoms with E-state index >= 15 is 0 Å². The van der Waals surface area contributed by atoms with E-state index in [1.807, 2.05) is 19.9 Å². The van der Waals surface area contributed by atoms with E-state index in [2.05, 4.69) is 46.5 Å². The molecular formula is C16H21N3O. The van der Waals surface area contributed by atoms with Crippen molar-refractivity contribution in [3.63, 3.8) is 0 Å². The molecule has 1 heterocycles. The largest absolute Gasteiger partial charge is 0.478 e. The summed E-state index contributed by atoms with van der Waals surface area (Å²) in [4.78, 5) is 8.62. The molecule has 2 aromatic rings. The molecule has 4 heteroatoms. The summed E-state index contributed by atoms with van der Waals surface area (Å²) >= 11 is 0. The lowest BCUT2D eigenvalue weighted by molar-refractivity contribution is 0.325. The smallest absolute Gasteiger partial charge is 0.218 e. The summed E-state index contributed by atoms with van der Waals surface area (Å²) in [5, 5.41) is 3.34. The topological polar surface area (TPSA) is 47.0 Å². The van der Waals surface area contributed by atoms with Gasteiger partial charge >= 0.3 is 0 Å². The zero-order valence-electron chi connectivity index (χ0n) is 12.3. The van der Waals surface area contributed by atoms with E-state index in [0.717, 1.165) is 18.8 Å². The number of hydrogen-bond donors (Lipinski definition) is 1. The van der Waals surface area contributed by atoms with Crippen molar-refractivity contribution < 1.29 is 4.74 Å². The Labute approximate surface area is 120 Å². The Bertz CT molecular complexity index is 569.